The lowest BCUT2D eigenvalue weighted by Gasteiger charge is -2.52. The number of carbonyl (C=O) groups is 1. The Bertz CT molecular complexity index is 494. The third-order valence-electron chi connectivity index (χ3n) is 4.44. The van der Waals surface area contributed by atoms with Crippen molar-refractivity contribution >= 4 is 5.97 Å². The van der Waals surface area contributed by atoms with Gasteiger partial charge in [0, 0.05) is 18.1 Å². The summed E-state index contributed by atoms with van der Waals surface area (Å²) >= 11 is 0. The van der Waals surface area contributed by atoms with Crippen LogP contribution in [0.1, 0.15) is 56.5 Å². The first-order valence-corrected chi connectivity index (χ1v) is 7.45. The average molecular weight is 295 g/mol. The van der Waals surface area contributed by atoms with Crippen LogP contribution in [-0.2, 0) is 9.47 Å². The third-order valence-corrected chi connectivity index (χ3v) is 4.44. The molecule has 2 rings (SSSR count). The lowest BCUT2D eigenvalue weighted by Crippen LogP contribution is -2.61. The molecule has 0 amide bonds. The van der Waals surface area contributed by atoms with Crippen LogP contribution in [0.3, 0.4) is 0 Å². The normalized spacial score (nSPS) is 25.2. The zero-order valence-electron chi connectivity index (χ0n) is 13.4. The minimum atomic E-state index is -0.450. The van der Waals surface area contributed by atoms with Crippen molar-refractivity contribution in [2.75, 3.05) is 13.7 Å². The maximum atomic E-state index is 11.4. The van der Waals surface area contributed by atoms with E-state index in [1.807, 2.05) is 19.9 Å². The summed E-state index contributed by atoms with van der Waals surface area (Å²) in [6, 6.07) is 3.87. The summed E-state index contributed by atoms with van der Waals surface area (Å²) in [4.78, 5) is 11.4. The Hall–Kier alpha value is -1.33. The number of ether oxygens (including phenoxy) is 2. The SMILES string of the molecule is CCOC1CC(NC(C)c2ccc(C(=O)OC)o2)C1(C)C. The molecule has 1 heterocycles. The number of nitrogens with one attached hydrogen (secondary N) is 1. The number of hydrogen-bond acceptors (Lipinski definition) is 5. The van der Waals surface area contributed by atoms with Crippen molar-refractivity contribution in [1.29, 1.82) is 0 Å². The van der Waals surface area contributed by atoms with Gasteiger partial charge in [-0.15, -0.1) is 0 Å². The van der Waals surface area contributed by atoms with Crippen molar-refractivity contribution in [2.45, 2.75) is 52.3 Å². The van der Waals surface area contributed by atoms with Gasteiger partial charge in [0.25, 0.3) is 0 Å². The van der Waals surface area contributed by atoms with Crippen LogP contribution in [-0.4, -0.2) is 31.8 Å². The Morgan fingerprint density at radius 2 is 2.24 bits per heavy atom. The molecule has 1 N–H and O–H groups in total. The fourth-order valence-electron chi connectivity index (χ4n) is 2.83. The second-order valence-electron chi connectivity index (χ2n) is 6.14. The lowest BCUT2D eigenvalue weighted by molar-refractivity contribution is -0.116. The highest BCUT2D eigenvalue weighted by atomic mass is 16.5. The summed E-state index contributed by atoms with van der Waals surface area (Å²) in [5.41, 5.74) is 0.0992. The van der Waals surface area contributed by atoms with Gasteiger partial charge in [0.2, 0.25) is 5.76 Å². The van der Waals surface area contributed by atoms with Gasteiger partial charge in [-0.2, -0.15) is 0 Å². The van der Waals surface area contributed by atoms with Crippen molar-refractivity contribution in [3.8, 4) is 0 Å². The summed E-state index contributed by atoms with van der Waals surface area (Å²) in [6.07, 6.45) is 1.30. The van der Waals surface area contributed by atoms with E-state index >= 15 is 0 Å². The molecule has 0 saturated heterocycles. The van der Waals surface area contributed by atoms with Gasteiger partial charge in [0.1, 0.15) is 5.76 Å². The summed E-state index contributed by atoms with van der Waals surface area (Å²) in [6.45, 7) is 9.23. The molecule has 1 saturated carbocycles. The molecule has 3 unspecified atom stereocenters. The fourth-order valence-corrected chi connectivity index (χ4v) is 2.83. The molecule has 1 fully saturated rings. The summed E-state index contributed by atoms with van der Waals surface area (Å²) < 4.78 is 15.9. The van der Waals surface area contributed by atoms with E-state index in [9.17, 15) is 4.79 Å². The molecule has 5 nitrogen and oxygen atoms in total. The summed E-state index contributed by atoms with van der Waals surface area (Å²) in [5.74, 6) is 0.529. The lowest BCUT2D eigenvalue weighted by atomic mass is 9.64. The molecule has 1 aliphatic carbocycles. The molecule has 0 aliphatic heterocycles. The second-order valence-corrected chi connectivity index (χ2v) is 6.14. The molecule has 3 atom stereocenters. The Morgan fingerprint density at radius 3 is 2.81 bits per heavy atom. The van der Waals surface area contributed by atoms with E-state index in [2.05, 4.69) is 23.9 Å². The smallest absolute Gasteiger partial charge is 0.373 e. The average Bonchev–Trinajstić information content (AvgIpc) is 2.95. The van der Waals surface area contributed by atoms with Gasteiger partial charge in [-0.05, 0) is 32.4 Å². The first-order valence-electron chi connectivity index (χ1n) is 7.45. The van der Waals surface area contributed by atoms with E-state index in [1.165, 1.54) is 7.11 Å². The third kappa shape index (κ3) is 3.14. The zero-order valence-corrected chi connectivity index (χ0v) is 13.4. The van der Waals surface area contributed by atoms with Crippen molar-refractivity contribution < 1.29 is 18.7 Å². The van der Waals surface area contributed by atoms with E-state index < -0.39 is 5.97 Å². The number of esters is 1. The predicted molar refractivity (Wildman–Crippen MR) is 79.2 cm³/mol. The van der Waals surface area contributed by atoms with Crippen LogP contribution in [0.25, 0.3) is 0 Å². The molecule has 1 aromatic rings. The minimum Gasteiger partial charge on any atom is -0.463 e. The van der Waals surface area contributed by atoms with Crippen LogP contribution in [0, 0.1) is 5.41 Å². The van der Waals surface area contributed by atoms with Crippen molar-refractivity contribution in [3.05, 3.63) is 23.7 Å². The van der Waals surface area contributed by atoms with E-state index in [0.717, 1.165) is 18.8 Å². The van der Waals surface area contributed by atoms with Gasteiger partial charge in [0.15, 0.2) is 0 Å². The van der Waals surface area contributed by atoms with Crippen LogP contribution in [0.5, 0.6) is 0 Å². The highest BCUT2D eigenvalue weighted by Crippen LogP contribution is 2.43. The largest absolute Gasteiger partial charge is 0.463 e. The number of carbonyl (C=O) groups excluding carboxylic acids is 1. The maximum Gasteiger partial charge on any atom is 0.373 e. The van der Waals surface area contributed by atoms with E-state index in [0.29, 0.717) is 12.1 Å². The van der Waals surface area contributed by atoms with Gasteiger partial charge in [-0.25, -0.2) is 4.79 Å². The molecule has 0 aromatic carbocycles. The predicted octanol–water partition coefficient (Wildman–Crippen LogP) is 2.92. The maximum absolute atomic E-state index is 11.4. The van der Waals surface area contributed by atoms with Crippen LogP contribution in [0.4, 0.5) is 0 Å². The van der Waals surface area contributed by atoms with Crippen molar-refractivity contribution in [3.63, 3.8) is 0 Å². The Balaban J connectivity index is 1.95. The first-order chi connectivity index (χ1) is 9.90. The molecule has 0 radical (unpaired) electrons. The molecular weight excluding hydrogens is 270 g/mol. The van der Waals surface area contributed by atoms with E-state index in [4.69, 9.17) is 9.15 Å². The first kappa shape index (κ1) is 16.0. The van der Waals surface area contributed by atoms with Crippen LogP contribution in [0.15, 0.2) is 16.5 Å². The Kier molecular flexibility index (Phi) is 4.74. The van der Waals surface area contributed by atoms with Gasteiger partial charge < -0.3 is 19.2 Å². The topological polar surface area (TPSA) is 60.7 Å². The van der Waals surface area contributed by atoms with Crippen LogP contribution < -0.4 is 5.32 Å². The quantitative estimate of drug-likeness (QED) is 0.818. The van der Waals surface area contributed by atoms with Crippen molar-refractivity contribution in [2.24, 2.45) is 5.41 Å². The summed E-state index contributed by atoms with van der Waals surface area (Å²) in [7, 11) is 1.34. The number of methoxy groups -OCH3 is 1. The molecule has 118 valence electrons. The van der Waals surface area contributed by atoms with Crippen molar-refractivity contribution in [1.82, 2.24) is 5.32 Å². The Morgan fingerprint density at radius 1 is 1.52 bits per heavy atom. The molecule has 5 heteroatoms. The molecule has 0 spiro atoms. The highest BCUT2D eigenvalue weighted by Gasteiger charge is 2.49. The van der Waals surface area contributed by atoms with E-state index in [1.54, 1.807) is 6.07 Å². The highest BCUT2D eigenvalue weighted by molar-refractivity contribution is 5.86. The van der Waals surface area contributed by atoms with E-state index in [-0.39, 0.29) is 17.2 Å². The van der Waals surface area contributed by atoms with Gasteiger partial charge in [-0.3, -0.25) is 0 Å². The van der Waals surface area contributed by atoms with Crippen LogP contribution in [0.2, 0.25) is 0 Å². The Labute approximate surface area is 126 Å². The standard InChI is InChI=1S/C16H25NO4/c1-6-20-14-9-13(16(14,3)4)17-10(2)11-7-8-12(21-11)15(18)19-5/h7-8,10,13-14,17H,6,9H2,1-5H3. The van der Waals surface area contributed by atoms with Gasteiger partial charge in [-0.1, -0.05) is 13.8 Å². The molecule has 1 aromatic heterocycles. The zero-order chi connectivity index (χ0) is 15.6. The molecule has 21 heavy (non-hydrogen) atoms. The molecule has 1 aliphatic rings. The fraction of sp³-hybridized carbons (Fsp3) is 0.688. The van der Waals surface area contributed by atoms with Gasteiger partial charge >= 0.3 is 5.97 Å². The number of furan rings is 1. The summed E-state index contributed by atoms with van der Waals surface area (Å²) in [5, 5.41) is 3.56. The number of rotatable bonds is 6. The monoisotopic (exact) mass is 295 g/mol. The van der Waals surface area contributed by atoms with Gasteiger partial charge in [0.05, 0.1) is 19.3 Å². The minimum absolute atomic E-state index is 0.0373. The second kappa shape index (κ2) is 6.20. The number of hydrogen-bond donors (Lipinski definition) is 1. The molecular formula is C16H25NO4. The van der Waals surface area contributed by atoms with Crippen LogP contribution >= 0.6 is 0 Å². The molecule has 0 bridgehead atoms.